The van der Waals surface area contributed by atoms with Crippen LogP contribution in [0.1, 0.15) is 56.1 Å². The monoisotopic (exact) mass is 468 g/mol. The normalized spacial score (nSPS) is 24.1. The number of methoxy groups -OCH3 is 1. The van der Waals surface area contributed by atoms with E-state index in [1.807, 2.05) is 24.3 Å². The number of hydrogen-bond acceptors (Lipinski definition) is 8. The summed E-state index contributed by atoms with van der Waals surface area (Å²) in [5.74, 6) is -0.559. The molecule has 0 N–H and O–H groups in total. The molecule has 1 aromatic carbocycles. The Morgan fingerprint density at radius 3 is 2.53 bits per heavy atom. The molecule has 0 saturated carbocycles. The SMILES string of the molecule is COC(=O)C1=C(OC(=O)OC(C)(C)C)[C@@H]2N(OC)CC[C@@]23CCC(=O)n2c3c1c1ccccc12. The molecule has 34 heavy (non-hydrogen) atoms. The van der Waals surface area contributed by atoms with Crippen molar-refractivity contribution in [2.75, 3.05) is 20.8 Å². The second-order valence-corrected chi connectivity index (χ2v) is 9.90. The predicted octanol–water partition coefficient (Wildman–Crippen LogP) is 3.80. The Hall–Kier alpha value is -3.17. The number of aromatic nitrogens is 1. The molecule has 1 saturated heterocycles. The molecule has 9 nitrogen and oxygen atoms in total. The molecule has 0 unspecified atom stereocenters. The minimum Gasteiger partial charge on any atom is -0.465 e. The molecule has 1 spiro atoms. The minimum absolute atomic E-state index is 0.0292. The number of hydrogen-bond donors (Lipinski definition) is 0. The summed E-state index contributed by atoms with van der Waals surface area (Å²) in [5.41, 5.74) is 0.774. The number of para-hydroxylation sites is 1. The van der Waals surface area contributed by atoms with Crippen LogP contribution in [-0.4, -0.2) is 60.1 Å². The van der Waals surface area contributed by atoms with Crippen molar-refractivity contribution in [3.05, 3.63) is 41.3 Å². The topological polar surface area (TPSA) is 96.3 Å². The molecular weight excluding hydrogens is 440 g/mol. The summed E-state index contributed by atoms with van der Waals surface area (Å²) >= 11 is 0. The second kappa shape index (κ2) is 7.68. The third-order valence-corrected chi connectivity index (χ3v) is 6.92. The van der Waals surface area contributed by atoms with E-state index in [4.69, 9.17) is 19.0 Å². The lowest BCUT2D eigenvalue weighted by molar-refractivity contribution is -0.149. The first-order valence-electron chi connectivity index (χ1n) is 11.3. The van der Waals surface area contributed by atoms with Crippen molar-refractivity contribution >= 4 is 34.5 Å². The zero-order valence-corrected chi connectivity index (χ0v) is 20.0. The van der Waals surface area contributed by atoms with Gasteiger partial charge in [0, 0.05) is 35.0 Å². The van der Waals surface area contributed by atoms with Gasteiger partial charge in [0.05, 0.1) is 19.7 Å². The summed E-state index contributed by atoms with van der Waals surface area (Å²) in [6.45, 7) is 5.75. The molecule has 9 heteroatoms. The highest BCUT2D eigenvalue weighted by Gasteiger charge is 2.61. The Morgan fingerprint density at radius 1 is 1.12 bits per heavy atom. The molecule has 0 radical (unpaired) electrons. The zero-order valence-electron chi connectivity index (χ0n) is 20.0. The number of nitrogens with zero attached hydrogens (tertiary/aromatic N) is 2. The highest BCUT2D eigenvalue weighted by atomic mass is 16.7. The van der Waals surface area contributed by atoms with Gasteiger partial charge in [-0.15, -0.1) is 0 Å². The van der Waals surface area contributed by atoms with Crippen molar-refractivity contribution in [1.82, 2.24) is 9.63 Å². The average Bonchev–Trinajstić information content (AvgIpc) is 3.33. The van der Waals surface area contributed by atoms with Gasteiger partial charge in [0.15, 0.2) is 0 Å². The van der Waals surface area contributed by atoms with E-state index in [1.165, 1.54) is 7.11 Å². The van der Waals surface area contributed by atoms with Crippen LogP contribution in [0.15, 0.2) is 30.0 Å². The van der Waals surface area contributed by atoms with Gasteiger partial charge in [-0.25, -0.2) is 9.59 Å². The van der Waals surface area contributed by atoms with Gasteiger partial charge in [-0.3, -0.25) is 9.36 Å². The average molecular weight is 469 g/mol. The van der Waals surface area contributed by atoms with Crippen LogP contribution in [0.5, 0.6) is 0 Å². The van der Waals surface area contributed by atoms with Gasteiger partial charge in [0.2, 0.25) is 5.91 Å². The molecule has 3 heterocycles. The van der Waals surface area contributed by atoms with Gasteiger partial charge in [-0.2, -0.15) is 5.06 Å². The van der Waals surface area contributed by atoms with Gasteiger partial charge in [0.25, 0.3) is 0 Å². The van der Waals surface area contributed by atoms with Gasteiger partial charge in [-0.1, -0.05) is 18.2 Å². The zero-order chi connectivity index (χ0) is 24.4. The number of fused-ring (bicyclic) bond motifs is 3. The van der Waals surface area contributed by atoms with Crippen LogP contribution in [0.4, 0.5) is 4.79 Å². The molecule has 1 fully saturated rings. The Morgan fingerprint density at radius 2 is 1.85 bits per heavy atom. The summed E-state index contributed by atoms with van der Waals surface area (Å²) < 4.78 is 18.2. The molecule has 2 aliphatic heterocycles. The largest absolute Gasteiger partial charge is 0.514 e. The molecule has 180 valence electrons. The Labute approximate surface area is 197 Å². The van der Waals surface area contributed by atoms with E-state index in [0.29, 0.717) is 36.9 Å². The summed E-state index contributed by atoms with van der Waals surface area (Å²) in [7, 11) is 2.82. The van der Waals surface area contributed by atoms with E-state index in [1.54, 1.807) is 37.5 Å². The molecule has 0 amide bonds. The van der Waals surface area contributed by atoms with Crippen molar-refractivity contribution in [3.8, 4) is 0 Å². The lowest BCUT2D eigenvalue weighted by Gasteiger charge is -2.44. The molecule has 5 rings (SSSR count). The molecular formula is C25H28N2O7. The van der Waals surface area contributed by atoms with Crippen molar-refractivity contribution in [3.63, 3.8) is 0 Å². The number of carbonyl (C=O) groups is 3. The fourth-order valence-corrected chi connectivity index (χ4v) is 5.76. The summed E-state index contributed by atoms with van der Waals surface area (Å²) in [5, 5.41) is 2.44. The van der Waals surface area contributed by atoms with Crippen molar-refractivity contribution < 1.29 is 33.4 Å². The van der Waals surface area contributed by atoms with Crippen LogP contribution in [0.2, 0.25) is 0 Å². The van der Waals surface area contributed by atoms with Crippen LogP contribution < -0.4 is 0 Å². The molecule has 2 atom stereocenters. The highest BCUT2D eigenvalue weighted by Crippen LogP contribution is 2.57. The van der Waals surface area contributed by atoms with Crippen LogP contribution in [0, 0.1) is 0 Å². The van der Waals surface area contributed by atoms with Crippen molar-refractivity contribution in [2.24, 2.45) is 0 Å². The van der Waals surface area contributed by atoms with Crippen LogP contribution in [0.3, 0.4) is 0 Å². The van der Waals surface area contributed by atoms with Crippen LogP contribution in [0.25, 0.3) is 16.5 Å². The summed E-state index contributed by atoms with van der Waals surface area (Å²) in [6, 6.07) is 6.84. The maximum atomic E-state index is 13.3. The fourth-order valence-electron chi connectivity index (χ4n) is 5.76. The number of rotatable bonds is 3. The quantitative estimate of drug-likeness (QED) is 0.628. The Balaban J connectivity index is 1.85. The van der Waals surface area contributed by atoms with E-state index in [0.717, 1.165) is 11.1 Å². The van der Waals surface area contributed by atoms with E-state index in [2.05, 4.69) is 0 Å². The first-order valence-corrected chi connectivity index (χ1v) is 11.3. The maximum Gasteiger partial charge on any atom is 0.514 e. The smallest absolute Gasteiger partial charge is 0.465 e. The fraction of sp³-hybridized carbons (Fsp3) is 0.480. The lowest BCUT2D eigenvalue weighted by atomic mass is 9.65. The number of benzene rings is 1. The van der Waals surface area contributed by atoms with Crippen LogP contribution in [-0.2, 0) is 29.3 Å². The van der Waals surface area contributed by atoms with Gasteiger partial charge in [0.1, 0.15) is 23.0 Å². The van der Waals surface area contributed by atoms with Crippen LogP contribution >= 0.6 is 0 Å². The first kappa shape index (κ1) is 22.6. The molecule has 3 aliphatic rings. The highest BCUT2D eigenvalue weighted by molar-refractivity contribution is 6.23. The van der Waals surface area contributed by atoms with E-state index in [-0.39, 0.29) is 17.2 Å². The Kier molecular flexibility index (Phi) is 5.11. The summed E-state index contributed by atoms with van der Waals surface area (Å²) in [6.07, 6.45) is 0.612. The number of esters is 1. The molecule has 1 aliphatic carbocycles. The van der Waals surface area contributed by atoms with Gasteiger partial charge in [-0.05, 0) is 39.7 Å². The Bertz CT molecular complexity index is 1250. The third kappa shape index (κ3) is 3.10. The summed E-state index contributed by atoms with van der Waals surface area (Å²) in [4.78, 5) is 45.0. The standard InChI is InChI=1S/C25H28N2O7/c1-24(2,3)34-23(30)33-19-18(22(29)31-4)17-14-8-6-7-9-15(14)27-16(28)10-11-25(20(17)27)12-13-26(32-5)21(19)25/h6-9,21H,10-13H2,1-5H3/t21-,25+/m0/s1. The maximum absolute atomic E-state index is 13.3. The van der Waals surface area contributed by atoms with Crippen molar-refractivity contribution in [2.45, 2.75) is 57.1 Å². The predicted molar refractivity (Wildman–Crippen MR) is 122 cm³/mol. The number of hydroxylamine groups is 2. The van der Waals surface area contributed by atoms with Crippen molar-refractivity contribution in [1.29, 1.82) is 0 Å². The minimum atomic E-state index is -0.916. The first-order chi connectivity index (χ1) is 16.1. The molecule has 1 aromatic heterocycles. The lowest BCUT2D eigenvalue weighted by Crippen LogP contribution is -2.51. The van der Waals surface area contributed by atoms with E-state index >= 15 is 0 Å². The van der Waals surface area contributed by atoms with E-state index in [9.17, 15) is 14.4 Å². The number of carbonyl (C=O) groups excluding carboxylic acids is 3. The second-order valence-electron chi connectivity index (χ2n) is 9.90. The number of ether oxygens (including phenoxy) is 3. The molecule has 2 aromatic rings. The van der Waals surface area contributed by atoms with Gasteiger partial charge < -0.3 is 19.0 Å². The van der Waals surface area contributed by atoms with Gasteiger partial charge >= 0.3 is 12.1 Å². The molecule has 0 bridgehead atoms. The third-order valence-electron chi connectivity index (χ3n) is 6.92. The van der Waals surface area contributed by atoms with E-state index < -0.39 is 29.2 Å².